The summed E-state index contributed by atoms with van der Waals surface area (Å²) >= 11 is 0. The minimum atomic E-state index is 0.0324. The Morgan fingerprint density at radius 3 is 2.72 bits per heavy atom. The molecule has 0 saturated heterocycles. The van der Waals surface area contributed by atoms with Crippen LogP contribution in [0.15, 0.2) is 18.2 Å². The van der Waals surface area contributed by atoms with Crippen molar-refractivity contribution in [2.45, 2.75) is 45.4 Å². The van der Waals surface area contributed by atoms with Gasteiger partial charge in [0.15, 0.2) is 0 Å². The van der Waals surface area contributed by atoms with Crippen molar-refractivity contribution in [2.24, 2.45) is 11.8 Å². The first kappa shape index (κ1) is 11.8. The number of amides is 1. The van der Waals surface area contributed by atoms with Crippen LogP contribution in [0.4, 0.5) is 5.69 Å². The van der Waals surface area contributed by atoms with Gasteiger partial charge in [-0.25, -0.2) is 0 Å². The fourth-order valence-corrected chi connectivity index (χ4v) is 3.92. The van der Waals surface area contributed by atoms with Crippen LogP contribution in [-0.2, 0) is 4.79 Å². The second kappa shape index (κ2) is 4.42. The second-order valence-corrected chi connectivity index (χ2v) is 6.05. The minimum Gasteiger partial charge on any atom is -0.326 e. The lowest BCUT2D eigenvalue weighted by Crippen LogP contribution is -2.14. The highest BCUT2D eigenvalue weighted by Crippen LogP contribution is 2.54. The lowest BCUT2D eigenvalue weighted by molar-refractivity contribution is -0.114. The van der Waals surface area contributed by atoms with E-state index in [9.17, 15) is 4.79 Å². The van der Waals surface area contributed by atoms with Crippen molar-refractivity contribution in [1.82, 2.24) is 0 Å². The Kier molecular flexibility index (Phi) is 2.89. The maximum absolute atomic E-state index is 11.3. The number of carbonyl (C=O) groups is 1. The van der Waals surface area contributed by atoms with E-state index >= 15 is 0 Å². The molecule has 0 spiro atoms. The topological polar surface area (TPSA) is 29.1 Å². The molecule has 2 heteroatoms. The van der Waals surface area contributed by atoms with Gasteiger partial charge in [-0.1, -0.05) is 18.6 Å². The largest absolute Gasteiger partial charge is 0.326 e. The first-order valence-electron chi connectivity index (χ1n) is 7.01. The number of hydrogen-bond acceptors (Lipinski definition) is 1. The monoisotopic (exact) mass is 243 g/mol. The molecule has 18 heavy (non-hydrogen) atoms. The number of rotatable bonds is 2. The highest BCUT2D eigenvalue weighted by atomic mass is 16.1. The Hall–Kier alpha value is -1.31. The van der Waals surface area contributed by atoms with Crippen LogP contribution >= 0.6 is 0 Å². The van der Waals surface area contributed by atoms with Crippen molar-refractivity contribution in [3.8, 4) is 0 Å². The summed E-state index contributed by atoms with van der Waals surface area (Å²) in [6, 6.07) is 6.52. The molecule has 2 fully saturated rings. The van der Waals surface area contributed by atoms with E-state index in [4.69, 9.17) is 0 Å². The van der Waals surface area contributed by atoms with Crippen molar-refractivity contribution < 1.29 is 4.79 Å². The fraction of sp³-hybridized carbons (Fsp3) is 0.562. The van der Waals surface area contributed by atoms with E-state index < -0.39 is 0 Å². The molecule has 96 valence electrons. The van der Waals surface area contributed by atoms with Crippen LogP contribution in [0, 0.1) is 18.8 Å². The molecule has 1 amide bonds. The van der Waals surface area contributed by atoms with Gasteiger partial charge in [-0.3, -0.25) is 4.79 Å². The van der Waals surface area contributed by atoms with E-state index in [1.165, 1.54) is 36.8 Å². The predicted molar refractivity (Wildman–Crippen MR) is 73.7 cm³/mol. The van der Waals surface area contributed by atoms with Crippen LogP contribution in [0.5, 0.6) is 0 Å². The fourth-order valence-electron chi connectivity index (χ4n) is 3.92. The molecular weight excluding hydrogens is 222 g/mol. The highest BCUT2D eigenvalue weighted by Gasteiger charge is 2.40. The van der Waals surface area contributed by atoms with Gasteiger partial charge in [0.2, 0.25) is 5.91 Å². The molecule has 2 bridgehead atoms. The molecule has 3 atom stereocenters. The Balaban J connectivity index is 1.93. The molecule has 2 aliphatic carbocycles. The first-order valence-corrected chi connectivity index (χ1v) is 7.01. The molecule has 2 saturated carbocycles. The van der Waals surface area contributed by atoms with Gasteiger partial charge < -0.3 is 5.32 Å². The molecule has 2 aliphatic rings. The molecule has 0 aromatic heterocycles. The second-order valence-electron chi connectivity index (χ2n) is 6.05. The van der Waals surface area contributed by atoms with Crippen LogP contribution in [0.1, 0.15) is 49.7 Å². The maximum atomic E-state index is 11.3. The summed E-state index contributed by atoms with van der Waals surface area (Å²) < 4.78 is 0. The standard InChI is InChI=1S/C16H21NO/c1-10-3-6-14(16(7-10)17-11(2)18)15-9-12-4-5-13(15)8-12/h3,6-7,12-13,15H,4-5,8-9H2,1-2H3,(H,17,18)/t12?,13?,15-/m0/s1. The zero-order valence-corrected chi connectivity index (χ0v) is 11.2. The van der Waals surface area contributed by atoms with E-state index in [-0.39, 0.29) is 5.91 Å². The molecule has 1 aromatic carbocycles. The van der Waals surface area contributed by atoms with Gasteiger partial charge >= 0.3 is 0 Å². The van der Waals surface area contributed by atoms with Crippen molar-refractivity contribution in [1.29, 1.82) is 0 Å². The van der Waals surface area contributed by atoms with Crippen molar-refractivity contribution in [2.75, 3.05) is 5.32 Å². The van der Waals surface area contributed by atoms with E-state index in [1.54, 1.807) is 6.92 Å². The number of carbonyl (C=O) groups excluding carboxylic acids is 1. The lowest BCUT2D eigenvalue weighted by atomic mass is 9.82. The van der Waals surface area contributed by atoms with Crippen LogP contribution in [0.25, 0.3) is 0 Å². The molecule has 1 N–H and O–H groups in total. The average Bonchev–Trinajstić information content (AvgIpc) is 2.90. The summed E-state index contributed by atoms with van der Waals surface area (Å²) in [6.07, 6.45) is 5.52. The molecule has 1 aromatic rings. The predicted octanol–water partition coefficient (Wildman–Crippen LogP) is 3.86. The molecule has 2 nitrogen and oxygen atoms in total. The smallest absolute Gasteiger partial charge is 0.221 e. The van der Waals surface area contributed by atoms with Gasteiger partial charge in [-0.05, 0) is 61.1 Å². The van der Waals surface area contributed by atoms with Crippen LogP contribution in [0.3, 0.4) is 0 Å². The summed E-state index contributed by atoms with van der Waals surface area (Å²) in [7, 11) is 0. The number of benzene rings is 1. The Morgan fingerprint density at radius 1 is 1.28 bits per heavy atom. The van der Waals surface area contributed by atoms with E-state index in [2.05, 4.69) is 30.4 Å². The van der Waals surface area contributed by atoms with Gasteiger partial charge in [0.05, 0.1) is 0 Å². The number of fused-ring (bicyclic) bond motifs is 2. The zero-order chi connectivity index (χ0) is 12.7. The molecule has 0 heterocycles. The van der Waals surface area contributed by atoms with Crippen molar-refractivity contribution in [3.05, 3.63) is 29.3 Å². The molecule has 2 unspecified atom stereocenters. The Bertz CT molecular complexity index is 480. The summed E-state index contributed by atoms with van der Waals surface area (Å²) in [5.74, 6) is 2.49. The van der Waals surface area contributed by atoms with E-state index in [0.717, 1.165) is 17.5 Å². The lowest BCUT2D eigenvalue weighted by Gasteiger charge is -2.24. The number of aryl methyl sites for hydroxylation is 1. The van der Waals surface area contributed by atoms with Crippen molar-refractivity contribution >= 4 is 11.6 Å². The number of hydrogen-bond donors (Lipinski definition) is 1. The zero-order valence-electron chi connectivity index (χ0n) is 11.2. The first-order chi connectivity index (χ1) is 8.63. The summed E-state index contributed by atoms with van der Waals surface area (Å²) in [6.45, 7) is 3.67. The van der Waals surface area contributed by atoms with Gasteiger partial charge in [0, 0.05) is 12.6 Å². The third-order valence-corrected chi connectivity index (χ3v) is 4.66. The Labute approximate surface area is 109 Å². The summed E-state index contributed by atoms with van der Waals surface area (Å²) in [5.41, 5.74) is 3.62. The van der Waals surface area contributed by atoms with Gasteiger partial charge in [0.25, 0.3) is 0 Å². The number of anilines is 1. The molecular formula is C16H21NO. The van der Waals surface area contributed by atoms with Gasteiger partial charge in [-0.15, -0.1) is 0 Å². The van der Waals surface area contributed by atoms with Crippen LogP contribution in [0.2, 0.25) is 0 Å². The summed E-state index contributed by atoms with van der Waals surface area (Å²) in [5, 5.41) is 3.01. The third-order valence-electron chi connectivity index (χ3n) is 4.66. The summed E-state index contributed by atoms with van der Waals surface area (Å²) in [4.78, 5) is 11.3. The SMILES string of the molecule is CC(=O)Nc1cc(C)ccc1[C@H]1CC2CCC1C2. The Morgan fingerprint density at radius 2 is 2.11 bits per heavy atom. The van der Waals surface area contributed by atoms with Gasteiger partial charge in [-0.2, -0.15) is 0 Å². The maximum Gasteiger partial charge on any atom is 0.221 e. The van der Waals surface area contributed by atoms with E-state index in [0.29, 0.717) is 5.92 Å². The molecule has 3 rings (SSSR count). The molecule has 0 aliphatic heterocycles. The van der Waals surface area contributed by atoms with Gasteiger partial charge in [0.1, 0.15) is 0 Å². The quantitative estimate of drug-likeness (QED) is 0.839. The molecule has 0 radical (unpaired) electrons. The van der Waals surface area contributed by atoms with Crippen LogP contribution in [-0.4, -0.2) is 5.91 Å². The van der Waals surface area contributed by atoms with Crippen LogP contribution < -0.4 is 5.32 Å². The minimum absolute atomic E-state index is 0.0324. The van der Waals surface area contributed by atoms with Crippen molar-refractivity contribution in [3.63, 3.8) is 0 Å². The normalized spacial score (nSPS) is 29.6. The number of nitrogens with one attached hydrogen (secondary N) is 1. The highest BCUT2D eigenvalue weighted by molar-refractivity contribution is 5.89. The average molecular weight is 243 g/mol. The van der Waals surface area contributed by atoms with E-state index in [1.807, 2.05) is 0 Å². The third kappa shape index (κ3) is 2.05.